The third kappa shape index (κ3) is 8.14. The molecule has 0 saturated carbocycles. The molecule has 1 aromatic carbocycles. The molecule has 0 bridgehead atoms. The first kappa shape index (κ1) is 22.0. The second kappa shape index (κ2) is 10.9. The summed E-state index contributed by atoms with van der Waals surface area (Å²) >= 11 is 0. The molecular weight excluding hydrogens is 376 g/mol. The van der Waals surface area contributed by atoms with E-state index in [0.29, 0.717) is 6.54 Å². The third-order valence-electron chi connectivity index (χ3n) is 3.80. The topological polar surface area (TPSA) is 95.7 Å². The normalized spacial score (nSPS) is 12.4. The zero-order valence-corrected chi connectivity index (χ0v) is 17.6. The second-order valence-electron chi connectivity index (χ2n) is 6.80. The fourth-order valence-corrected chi connectivity index (χ4v) is 4.06. The number of nitrogens with one attached hydrogen (secondary N) is 3. The highest BCUT2D eigenvalue weighted by Gasteiger charge is 2.12. The summed E-state index contributed by atoms with van der Waals surface area (Å²) in [5.74, 6) is 1.65. The second-order valence-corrected chi connectivity index (χ2v) is 8.55. The molecule has 1 heterocycles. The fourth-order valence-electron chi connectivity index (χ4n) is 2.63. The van der Waals surface area contributed by atoms with Gasteiger partial charge in [0, 0.05) is 25.6 Å². The molecule has 0 aliphatic rings. The van der Waals surface area contributed by atoms with Gasteiger partial charge in [0.1, 0.15) is 5.76 Å². The summed E-state index contributed by atoms with van der Waals surface area (Å²) in [5, 5.41) is 6.50. The number of sulfonamides is 1. The Labute approximate surface area is 167 Å². The van der Waals surface area contributed by atoms with E-state index < -0.39 is 10.0 Å². The van der Waals surface area contributed by atoms with Crippen LogP contribution in [0.15, 0.2) is 52.1 Å². The van der Waals surface area contributed by atoms with Gasteiger partial charge in [-0.3, -0.25) is 0 Å². The number of furan rings is 1. The number of guanidine groups is 1. The maximum absolute atomic E-state index is 12.0. The minimum absolute atomic E-state index is 0.0221. The Morgan fingerprint density at radius 2 is 1.82 bits per heavy atom. The van der Waals surface area contributed by atoms with Crippen molar-refractivity contribution in [1.29, 1.82) is 0 Å². The van der Waals surface area contributed by atoms with E-state index in [1.54, 1.807) is 6.26 Å². The minimum Gasteiger partial charge on any atom is -0.469 e. The Balaban J connectivity index is 1.89. The molecule has 0 spiro atoms. The van der Waals surface area contributed by atoms with Gasteiger partial charge in [0.15, 0.2) is 5.96 Å². The van der Waals surface area contributed by atoms with Crippen molar-refractivity contribution in [2.45, 2.75) is 45.5 Å². The fraction of sp³-hybridized carbons (Fsp3) is 0.450. The summed E-state index contributed by atoms with van der Waals surface area (Å²) in [4.78, 5) is 4.58. The standard InChI is InChI=1S/C20H30N4O3S/c1-4-21-20(22-12-11-19-6-5-13-27-19)23-14-17-7-9-18(10-8-17)15-28(25,26)24-16(2)3/h5-10,13,16,24H,4,11-12,14-15H2,1-3H3,(H2,21,22,23). The van der Waals surface area contributed by atoms with Gasteiger partial charge in [0.25, 0.3) is 0 Å². The number of benzene rings is 1. The first-order chi connectivity index (χ1) is 13.4. The van der Waals surface area contributed by atoms with Crippen LogP contribution in [0.5, 0.6) is 0 Å². The van der Waals surface area contributed by atoms with Gasteiger partial charge < -0.3 is 15.1 Å². The zero-order chi connectivity index (χ0) is 20.4. The molecule has 0 aliphatic carbocycles. The predicted molar refractivity (Wildman–Crippen MR) is 113 cm³/mol. The lowest BCUT2D eigenvalue weighted by Crippen LogP contribution is -2.38. The van der Waals surface area contributed by atoms with E-state index >= 15 is 0 Å². The maximum atomic E-state index is 12.0. The summed E-state index contributed by atoms with van der Waals surface area (Å²) in [6, 6.07) is 11.2. The van der Waals surface area contributed by atoms with Gasteiger partial charge in [-0.05, 0) is 44.0 Å². The van der Waals surface area contributed by atoms with Crippen molar-refractivity contribution in [3.8, 4) is 0 Å². The summed E-state index contributed by atoms with van der Waals surface area (Å²) in [6.07, 6.45) is 2.45. The van der Waals surface area contributed by atoms with Gasteiger partial charge in [0.2, 0.25) is 10.0 Å². The lowest BCUT2D eigenvalue weighted by Gasteiger charge is -2.11. The van der Waals surface area contributed by atoms with Crippen LogP contribution in [0.1, 0.15) is 37.7 Å². The molecule has 0 atom stereocenters. The zero-order valence-electron chi connectivity index (χ0n) is 16.7. The molecule has 0 unspecified atom stereocenters. The van der Waals surface area contributed by atoms with Crippen LogP contribution < -0.4 is 15.4 Å². The molecule has 0 radical (unpaired) electrons. The van der Waals surface area contributed by atoms with Gasteiger partial charge in [-0.2, -0.15) is 0 Å². The Hall–Kier alpha value is -2.32. The van der Waals surface area contributed by atoms with E-state index in [4.69, 9.17) is 4.42 Å². The van der Waals surface area contributed by atoms with Crippen molar-refractivity contribution < 1.29 is 12.8 Å². The average Bonchev–Trinajstić information content (AvgIpc) is 3.13. The maximum Gasteiger partial charge on any atom is 0.216 e. The van der Waals surface area contributed by atoms with Crippen LogP contribution in [0.4, 0.5) is 0 Å². The van der Waals surface area contributed by atoms with E-state index in [1.165, 1.54) is 0 Å². The summed E-state index contributed by atoms with van der Waals surface area (Å²) < 4.78 is 31.9. The number of hydrogen-bond acceptors (Lipinski definition) is 4. The Morgan fingerprint density at radius 3 is 2.43 bits per heavy atom. The molecule has 0 fully saturated rings. The van der Waals surface area contributed by atoms with E-state index in [-0.39, 0.29) is 11.8 Å². The molecule has 0 aliphatic heterocycles. The van der Waals surface area contributed by atoms with Crippen LogP contribution in [-0.2, 0) is 28.7 Å². The van der Waals surface area contributed by atoms with Crippen LogP contribution in [0.2, 0.25) is 0 Å². The molecule has 0 saturated heterocycles. The average molecular weight is 407 g/mol. The van der Waals surface area contributed by atoms with Gasteiger partial charge in [-0.25, -0.2) is 18.1 Å². The van der Waals surface area contributed by atoms with Crippen LogP contribution in [-0.4, -0.2) is 33.5 Å². The highest BCUT2D eigenvalue weighted by atomic mass is 32.2. The van der Waals surface area contributed by atoms with E-state index in [9.17, 15) is 8.42 Å². The van der Waals surface area contributed by atoms with Crippen molar-refractivity contribution in [3.63, 3.8) is 0 Å². The van der Waals surface area contributed by atoms with Gasteiger partial charge >= 0.3 is 0 Å². The highest BCUT2D eigenvalue weighted by molar-refractivity contribution is 7.88. The van der Waals surface area contributed by atoms with E-state index in [1.807, 2.05) is 57.2 Å². The monoisotopic (exact) mass is 406 g/mol. The third-order valence-corrected chi connectivity index (χ3v) is 5.35. The van der Waals surface area contributed by atoms with Crippen molar-refractivity contribution in [2.24, 2.45) is 4.99 Å². The van der Waals surface area contributed by atoms with Crippen molar-refractivity contribution >= 4 is 16.0 Å². The lowest BCUT2D eigenvalue weighted by molar-refractivity contribution is 0.507. The Morgan fingerprint density at radius 1 is 1.11 bits per heavy atom. The number of aliphatic imine (C=N–C) groups is 1. The van der Waals surface area contributed by atoms with Crippen molar-refractivity contribution in [2.75, 3.05) is 13.1 Å². The van der Waals surface area contributed by atoms with Crippen molar-refractivity contribution in [3.05, 3.63) is 59.5 Å². The van der Waals surface area contributed by atoms with Gasteiger partial charge in [-0.15, -0.1) is 0 Å². The van der Waals surface area contributed by atoms with Gasteiger partial charge in [-0.1, -0.05) is 24.3 Å². The summed E-state index contributed by atoms with van der Waals surface area (Å²) in [7, 11) is -3.31. The Bertz CT molecular complexity index is 829. The largest absolute Gasteiger partial charge is 0.469 e. The quantitative estimate of drug-likeness (QED) is 0.416. The number of rotatable bonds is 10. The lowest BCUT2D eigenvalue weighted by atomic mass is 10.1. The van der Waals surface area contributed by atoms with Crippen LogP contribution in [0.25, 0.3) is 0 Å². The summed E-state index contributed by atoms with van der Waals surface area (Å²) in [5.41, 5.74) is 1.77. The molecule has 2 aromatic rings. The van der Waals surface area contributed by atoms with Crippen LogP contribution >= 0.6 is 0 Å². The molecule has 28 heavy (non-hydrogen) atoms. The molecule has 8 heteroatoms. The smallest absolute Gasteiger partial charge is 0.216 e. The minimum atomic E-state index is -3.31. The molecule has 1 aromatic heterocycles. The molecule has 154 valence electrons. The highest BCUT2D eigenvalue weighted by Crippen LogP contribution is 2.09. The van der Waals surface area contributed by atoms with E-state index in [2.05, 4.69) is 20.3 Å². The van der Waals surface area contributed by atoms with Gasteiger partial charge in [0.05, 0.1) is 18.6 Å². The van der Waals surface area contributed by atoms with Crippen LogP contribution in [0, 0.1) is 0 Å². The van der Waals surface area contributed by atoms with Crippen LogP contribution in [0.3, 0.4) is 0 Å². The Kier molecular flexibility index (Phi) is 8.53. The van der Waals surface area contributed by atoms with E-state index in [0.717, 1.165) is 42.4 Å². The first-order valence-electron chi connectivity index (χ1n) is 9.50. The number of hydrogen-bond donors (Lipinski definition) is 3. The van der Waals surface area contributed by atoms with Crippen molar-refractivity contribution in [1.82, 2.24) is 15.4 Å². The molecule has 7 nitrogen and oxygen atoms in total. The first-order valence-corrected chi connectivity index (χ1v) is 11.2. The summed E-state index contributed by atoms with van der Waals surface area (Å²) in [6.45, 7) is 7.63. The molecule has 3 N–H and O–H groups in total. The SMILES string of the molecule is CCNC(=NCc1ccc(CS(=O)(=O)NC(C)C)cc1)NCCc1ccco1. The molecular formula is C20H30N4O3S. The molecule has 2 rings (SSSR count). The molecule has 0 amide bonds. The number of nitrogens with zero attached hydrogens (tertiary/aromatic N) is 1. The predicted octanol–water partition coefficient (Wildman–Crippen LogP) is 2.41.